The van der Waals surface area contributed by atoms with E-state index in [-0.39, 0.29) is 11.8 Å². The van der Waals surface area contributed by atoms with Crippen molar-refractivity contribution in [3.8, 4) is 0 Å². The second-order valence-electron chi connectivity index (χ2n) is 5.74. The summed E-state index contributed by atoms with van der Waals surface area (Å²) in [5, 5.41) is 1.04. The highest BCUT2D eigenvalue weighted by Gasteiger charge is 2.24. The Hall–Kier alpha value is -1.61. The lowest BCUT2D eigenvalue weighted by atomic mass is 10.0. The Labute approximate surface area is 120 Å². The molecule has 0 saturated carbocycles. The number of ketones is 1. The monoisotopic (exact) mass is 270 g/mol. The molecule has 1 aliphatic heterocycles. The van der Waals surface area contributed by atoms with Gasteiger partial charge in [0.15, 0.2) is 5.78 Å². The molecule has 1 saturated heterocycles. The van der Waals surface area contributed by atoms with E-state index in [0.717, 1.165) is 29.6 Å². The molecule has 1 aliphatic rings. The molecule has 3 nitrogen and oxygen atoms in total. The first-order valence-electron chi connectivity index (χ1n) is 7.62. The minimum Gasteiger partial charge on any atom is -0.360 e. The van der Waals surface area contributed by atoms with E-state index in [1.165, 1.54) is 25.7 Å². The van der Waals surface area contributed by atoms with E-state index in [2.05, 4.69) is 16.8 Å². The fourth-order valence-electron chi connectivity index (χ4n) is 3.15. The smallest absolute Gasteiger partial charge is 0.181 e. The van der Waals surface area contributed by atoms with Crippen LogP contribution in [0.3, 0.4) is 0 Å². The molecular weight excluding hydrogens is 248 g/mol. The van der Waals surface area contributed by atoms with Crippen LogP contribution in [0.5, 0.6) is 0 Å². The minimum absolute atomic E-state index is 0.0210. The molecule has 1 N–H and O–H groups in total. The molecule has 0 spiro atoms. The Morgan fingerprint density at radius 1 is 1.15 bits per heavy atom. The third kappa shape index (κ3) is 2.50. The molecule has 3 rings (SSSR count). The van der Waals surface area contributed by atoms with Gasteiger partial charge < -0.3 is 4.98 Å². The summed E-state index contributed by atoms with van der Waals surface area (Å²) in [7, 11) is 0. The molecule has 0 unspecified atom stereocenters. The standard InChI is InChI=1S/C17H22N2O/c1-13(19-10-6-2-3-7-11-19)17(20)15-12-18-16-9-5-4-8-14(15)16/h4-5,8-9,12-13,18H,2-3,6-7,10-11H2,1H3/t13-/m0/s1. The molecule has 2 heterocycles. The van der Waals surface area contributed by atoms with Crippen LogP contribution in [-0.4, -0.2) is 34.8 Å². The van der Waals surface area contributed by atoms with Gasteiger partial charge in [0.05, 0.1) is 6.04 Å². The van der Waals surface area contributed by atoms with Crippen molar-refractivity contribution in [3.63, 3.8) is 0 Å². The predicted molar refractivity (Wildman–Crippen MR) is 82.1 cm³/mol. The van der Waals surface area contributed by atoms with Gasteiger partial charge in [-0.25, -0.2) is 0 Å². The number of aromatic amines is 1. The number of hydrogen-bond acceptors (Lipinski definition) is 2. The van der Waals surface area contributed by atoms with Crippen molar-refractivity contribution >= 4 is 16.7 Å². The first-order chi connectivity index (χ1) is 9.77. The van der Waals surface area contributed by atoms with Crippen LogP contribution in [-0.2, 0) is 0 Å². The molecule has 0 amide bonds. The lowest BCUT2D eigenvalue weighted by Gasteiger charge is -2.26. The fraction of sp³-hybridized carbons (Fsp3) is 0.471. The topological polar surface area (TPSA) is 36.1 Å². The van der Waals surface area contributed by atoms with Crippen molar-refractivity contribution in [3.05, 3.63) is 36.0 Å². The van der Waals surface area contributed by atoms with Crippen molar-refractivity contribution in [2.45, 2.75) is 38.6 Å². The fourth-order valence-corrected chi connectivity index (χ4v) is 3.15. The quantitative estimate of drug-likeness (QED) is 0.865. The Balaban J connectivity index is 1.84. The zero-order valence-corrected chi connectivity index (χ0v) is 12.1. The van der Waals surface area contributed by atoms with Crippen LogP contribution in [0.1, 0.15) is 43.0 Å². The van der Waals surface area contributed by atoms with Gasteiger partial charge in [-0.15, -0.1) is 0 Å². The average Bonchev–Trinajstić information content (AvgIpc) is 2.72. The van der Waals surface area contributed by atoms with Gasteiger partial charge in [0, 0.05) is 22.7 Å². The zero-order chi connectivity index (χ0) is 13.9. The number of nitrogens with zero attached hydrogens (tertiary/aromatic N) is 1. The van der Waals surface area contributed by atoms with E-state index in [0.29, 0.717) is 0 Å². The second-order valence-corrected chi connectivity index (χ2v) is 5.74. The van der Waals surface area contributed by atoms with Gasteiger partial charge in [-0.3, -0.25) is 9.69 Å². The van der Waals surface area contributed by atoms with Gasteiger partial charge in [0.25, 0.3) is 0 Å². The highest BCUT2D eigenvalue weighted by atomic mass is 16.1. The lowest BCUT2D eigenvalue weighted by molar-refractivity contribution is 0.0844. The number of benzene rings is 1. The van der Waals surface area contributed by atoms with Gasteiger partial charge >= 0.3 is 0 Å². The van der Waals surface area contributed by atoms with Crippen LogP contribution in [0.15, 0.2) is 30.5 Å². The molecule has 0 aliphatic carbocycles. The lowest BCUT2D eigenvalue weighted by Crippen LogP contribution is -2.39. The van der Waals surface area contributed by atoms with Crippen molar-refractivity contribution in [1.29, 1.82) is 0 Å². The van der Waals surface area contributed by atoms with E-state index in [1.807, 2.05) is 30.5 Å². The third-order valence-corrected chi connectivity index (χ3v) is 4.42. The van der Waals surface area contributed by atoms with E-state index < -0.39 is 0 Å². The summed E-state index contributed by atoms with van der Waals surface area (Å²) >= 11 is 0. The zero-order valence-electron chi connectivity index (χ0n) is 12.1. The van der Waals surface area contributed by atoms with Crippen LogP contribution in [0.25, 0.3) is 10.9 Å². The van der Waals surface area contributed by atoms with Crippen LogP contribution in [0.2, 0.25) is 0 Å². The maximum absolute atomic E-state index is 12.8. The summed E-state index contributed by atoms with van der Waals surface area (Å²) in [5.41, 5.74) is 1.87. The molecule has 20 heavy (non-hydrogen) atoms. The van der Waals surface area contributed by atoms with Crippen LogP contribution in [0, 0.1) is 0 Å². The Kier molecular flexibility index (Phi) is 3.88. The number of carbonyl (C=O) groups excluding carboxylic acids is 1. The first kappa shape index (κ1) is 13.4. The molecule has 1 aromatic carbocycles. The maximum Gasteiger partial charge on any atom is 0.181 e. The highest BCUT2D eigenvalue weighted by Crippen LogP contribution is 2.21. The third-order valence-electron chi connectivity index (χ3n) is 4.42. The molecular formula is C17H22N2O. The molecule has 3 heteroatoms. The van der Waals surface area contributed by atoms with Gasteiger partial charge in [0.1, 0.15) is 0 Å². The van der Waals surface area contributed by atoms with Crippen molar-refractivity contribution in [2.75, 3.05) is 13.1 Å². The number of carbonyl (C=O) groups is 1. The summed E-state index contributed by atoms with van der Waals surface area (Å²) in [6.45, 7) is 4.15. The number of likely N-dealkylation sites (tertiary alicyclic amines) is 1. The van der Waals surface area contributed by atoms with Gasteiger partial charge in [0.2, 0.25) is 0 Å². The van der Waals surface area contributed by atoms with Gasteiger partial charge in [-0.05, 0) is 38.9 Å². The van der Waals surface area contributed by atoms with Crippen LogP contribution >= 0.6 is 0 Å². The molecule has 0 bridgehead atoms. The SMILES string of the molecule is C[C@@H](C(=O)c1c[nH]c2ccccc12)N1CCCCCC1. The minimum atomic E-state index is -0.0210. The number of H-pyrrole nitrogens is 1. The summed E-state index contributed by atoms with van der Waals surface area (Å²) in [5.74, 6) is 0.240. The van der Waals surface area contributed by atoms with Crippen molar-refractivity contribution in [1.82, 2.24) is 9.88 Å². The van der Waals surface area contributed by atoms with Crippen molar-refractivity contribution in [2.24, 2.45) is 0 Å². The number of hydrogen-bond donors (Lipinski definition) is 1. The number of nitrogens with one attached hydrogen (secondary N) is 1. The van der Waals surface area contributed by atoms with E-state index >= 15 is 0 Å². The molecule has 2 aromatic rings. The van der Waals surface area contributed by atoms with Crippen LogP contribution < -0.4 is 0 Å². The molecule has 1 atom stereocenters. The number of fused-ring (bicyclic) bond motifs is 1. The average molecular weight is 270 g/mol. The largest absolute Gasteiger partial charge is 0.360 e. The van der Waals surface area contributed by atoms with Gasteiger partial charge in [-0.1, -0.05) is 31.0 Å². The first-order valence-corrected chi connectivity index (χ1v) is 7.62. The Morgan fingerprint density at radius 2 is 1.85 bits per heavy atom. The second kappa shape index (κ2) is 5.80. The molecule has 1 fully saturated rings. The molecule has 0 radical (unpaired) electrons. The summed E-state index contributed by atoms with van der Waals surface area (Å²) in [6.07, 6.45) is 6.88. The van der Waals surface area contributed by atoms with Crippen LogP contribution in [0.4, 0.5) is 0 Å². The Bertz CT molecular complexity index is 594. The normalized spacial score (nSPS) is 18.9. The molecule has 106 valence electrons. The Morgan fingerprint density at radius 3 is 2.60 bits per heavy atom. The van der Waals surface area contributed by atoms with E-state index in [1.54, 1.807) is 0 Å². The maximum atomic E-state index is 12.8. The van der Waals surface area contributed by atoms with Crippen molar-refractivity contribution < 1.29 is 4.79 Å². The predicted octanol–water partition coefficient (Wildman–Crippen LogP) is 3.62. The summed E-state index contributed by atoms with van der Waals surface area (Å²) in [4.78, 5) is 18.3. The summed E-state index contributed by atoms with van der Waals surface area (Å²) < 4.78 is 0. The number of rotatable bonds is 3. The highest BCUT2D eigenvalue weighted by molar-refractivity contribution is 6.10. The van der Waals surface area contributed by atoms with E-state index in [9.17, 15) is 4.79 Å². The molecule has 1 aromatic heterocycles. The van der Waals surface area contributed by atoms with Gasteiger partial charge in [-0.2, -0.15) is 0 Å². The van der Waals surface area contributed by atoms with E-state index in [4.69, 9.17) is 0 Å². The summed E-state index contributed by atoms with van der Waals surface area (Å²) in [6, 6.07) is 8.00. The number of Topliss-reactive ketones (excluding diaryl/α,β-unsaturated/α-hetero) is 1. The number of aromatic nitrogens is 1. The number of para-hydroxylation sites is 1.